The van der Waals surface area contributed by atoms with Gasteiger partial charge >= 0.3 is 0 Å². The zero-order valence-electron chi connectivity index (χ0n) is 8.75. The van der Waals surface area contributed by atoms with Crippen LogP contribution >= 0.6 is 15.9 Å². The Morgan fingerprint density at radius 2 is 2.00 bits per heavy atom. The number of halogens is 3. The maximum absolute atomic E-state index is 13.2. The van der Waals surface area contributed by atoms with Gasteiger partial charge in [-0.1, -0.05) is 12.1 Å². The lowest BCUT2D eigenvalue weighted by Crippen LogP contribution is -2.02. The van der Waals surface area contributed by atoms with Crippen LogP contribution in [-0.2, 0) is 6.54 Å². The average molecular weight is 299 g/mol. The first-order valence-corrected chi connectivity index (χ1v) is 5.75. The van der Waals surface area contributed by atoms with Crippen molar-refractivity contribution in [2.45, 2.75) is 6.54 Å². The Bertz CT molecular complexity index is 532. The lowest BCUT2D eigenvalue weighted by atomic mass is 10.2. The third-order valence-corrected chi connectivity index (χ3v) is 2.82. The SMILES string of the molecule is Fc1cccc(NCc2ccc(Br)c(F)c2)n1. The molecule has 2 aromatic rings. The van der Waals surface area contributed by atoms with E-state index in [9.17, 15) is 8.78 Å². The highest BCUT2D eigenvalue weighted by molar-refractivity contribution is 9.10. The summed E-state index contributed by atoms with van der Waals surface area (Å²) in [6, 6.07) is 9.30. The summed E-state index contributed by atoms with van der Waals surface area (Å²) in [5, 5.41) is 2.92. The molecule has 17 heavy (non-hydrogen) atoms. The number of anilines is 1. The van der Waals surface area contributed by atoms with Crippen molar-refractivity contribution in [2.24, 2.45) is 0 Å². The van der Waals surface area contributed by atoms with Gasteiger partial charge in [-0.2, -0.15) is 4.39 Å². The van der Waals surface area contributed by atoms with E-state index in [2.05, 4.69) is 26.2 Å². The van der Waals surface area contributed by atoms with Crippen molar-refractivity contribution in [1.82, 2.24) is 4.98 Å². The Hall–Kier alpha value is -1.49. The Morgan fingerprint density at radius 3 is 2.71 bits per heavy atom. The summed E-state index contributed by atoms with van der Waals surface area (Å²) in [5.41, 5.74) is 0.761. The molecule has 0 amide bonds. The molecule has 0 atom stereocenters. The summed E-state index contributed by atoms with van der Waals surface area (Å²) in [6.07, 6.45) is 0. The molecule has 5 heteroatoms. The van der Waals surface area contributed by atoms with E-state index in [0.29, 0.717) is 16.8 Å². The van der Waals surface area contributed by atoms with E-state index in [0.717, 1.165) is 5.56 Å². The van der Waals surface area contributed by atoms with E-state index in [1.807, 2.05) is 0 Å². The van der Waals surface area contributed by atoms with Crippen molar-refractivity contribution in [1.29, 1.82) is 0 Å². The first-order chi connectivity index (χ1) is 8.15. The Labute approximate surface area is 106 Å². The van der Waals surface area contributed by atoms with Crippen LogP contribution in [0.4, 0.5) is 14.6 Å². The van der Waals surface area contributed by atoms with Crippen LogP contribution in [0.25, 0.3) is 0 Å². The predicted octanol–water partition coefficient (Wildman–Crippen LogP) is 3.73. The highest BCUT2D eigenvalue weighted by Gasteiger charge is 2.01. The van der Waals surface area contributed by atoms with Crippen LogP contribution in [0.15, 0.2) is 40.9 Å². The Kier molecular flexibility index (Phi) is 3.68. The minimum atomic E-state index is -0.544. The topological polar surface area (TPSA) is 24.9 Å². The first kappa shape index (κ1) is 12.0. The molecule has 0 spiro atoms. The van der Waals surface area contributed by atoms with Crippen molar-refractivity contribution < 1.29 is 8.78 Å². The van der Waals surface area contributed by atoms with Crippen LogP contribution in [0.5, 0.6) is 0 Å². The van der Waals surface area contributed by atoms with Crippen LogP contribution in [0.1, 0.15) is 5.56 Å². The predicted molar refractivity (Wildman–Crippen MR) is 65.6 cm³/mol. The van der Waals surface area contributed by atoms with Gasteiger partial charge in [0.1, 0.15) is 11.6 Å². The molecule has 1 N–H and O–H groups in total. The van der Waals surface area contributed by atoms with Gasteiger partial charge in [0.05, 0.1) is 4.47 Å². The second-order valence-electron chi connectivity index (χ2n) is 3.45. The highest BCUT2D eigenvalue weighted by Crippen LogP contribution is 2.17. The average Bonchev–Trinajstić information content (AvgIpc) is 2.31. The summed E-state index contributed by atoms with van der Waals surface area (Å²) in [5.74, 6) is -0.443. The summed E-state index contributed by atoms with van der Waals surface area (Å²) < 4.78 is 26.4. The molecule has 0 aliphatic rings. The van der Waals surface area contributed by atoms with Gasteiger partial charge in [-0.15, -0.1) is 0 Å². The number of aromatic nitrogens is 1. The van der Waals surface area contributed by atoms with Crippen LogP contribution < -0.4 is 5.32 Å². The van der Waals surface area contributed by atoms with Crippen LogP contribution in [0.3, 0.4) is 0 Å². The molecule has 0 bridgehead atoms. The van der Waals surface area contributed by atoms with E-state index in [4.69, 9.17) is 0 Å². The molecule has 0 unspecified atom stereocenters. The fourth-order valence-corrected chi connectivity index (χ4v) is 1.60. The van der Waals surface area contributed by atoms with E-state index in [1.165, 1.54) is 12.1 Å². The molecule has 2 nitrogen and oxygen atoms in total. The summed E-state index contributed by atoms with van der Waals surface area (Å²) >= 11 is 3.08. The van der Waals surface area contributed by atoms with Crippen molar-refractivity contribution in [3.05, 3.63) is 58.2 Å². The number of hydrogen-bond donors (Lipinski definition) is 1. The van der Waals surface area contributed by atoms with Crippen molar-refractivity contribution in [3.8, 4) is 0 Å². The lowest BCUT2D eigenvalue weighted by Gasteiger charge is -2.06. The van der Waals surface area contributed by atoms with Gasteiger partial charge in [-0.25, -0.2) is 9.37 Å². The van der Waals surface area contributed by atoms with Gasteiger partial charge in [0.2, 0.25) is 5.95 Å². The molecule has 0 aliphatic carbocycles. The maximum Gasteiger partial charge on any atom is 0.214 e. The number of benzene rings is 1. The van der Waals surface area contributed by atoms with E-state index in [1.54, 1.807) is 24.3 Å². The summed E-state index contributed by atoms with van der Waals surface area (Å²) in [4.78, 5) is 3.65. The number of nitrogens with zero attached hydrogens (tertiary/aromatic N) is 1. The van der Waals surface area contributed by atoms with Crippen molar-refractivity contribution >= 4 is 21.7 Å². The van der Waals surface area contributed by atoms with E-state index >= 15 is 0 Å². The van der Waals surface area contributed by atoms with Crippen molar-refractivity contribution in [3.63, 3.8) is 0 Å². The van der Waals surface area contributed by atoms with Crippen LogP contribution in [0, 0.1) is 11.8 Å². The third-order valence-electron chi connectivity index (χ3n) is 2.17. The van der Waals surface area contributed by atoms with Gasteiger partial charge < -0.3 is 5.32 Å². The molecule has 1 aromatic heterocycles. The highest BCUT2D eigenvalue weighted by atomic mass is 79.9. The minimum Gasteiger partial charge on any atom is -0.366 e. The number of nitrogens with one attached hydrogen (secondary N) is 1. The normalized spacial score (nSPS) is 10.3. The van der Waals surface area contributed by atoms with E-state index < -0.39 is 5.95 Å². The fourth-order valence-electron chi connectivity index (χ4n) is 1.35. The molecule has 1 heterocycles. The number of rotatable bonds is 3. The zero-order chi connectivity index (χ0) is 12.3. The van der Waals surface area contributed by atoms with Gasteiger partial charge in [0, 0.05) is 6.54 Å². The summed E-state index contributed by atoms with van der Waals surface area (Å²) in [6.45, 7) is 0.390. The quantitative estimate of drug-likeness (QED) is 0.873. The lowest BCUT2D eigenvalue weighted by molar-refractivity contribution is 0.585. The monoisotopic (exact) mass is 298 g/mol. The summed E-state index contributed by atoms with van der Waals surface area (Å²) in [7, 11) is 0. The molecule has 0 radical (unpaired) electrons. The van der Waals surface area contributed by atoms with Crippen LogP contribution in [0.2, 0.25) is 0 Å². The molecule has 0 fully saturated rings. The maximum atomic E-state index is 13.2. The molecule has 0 saturated heterocycles. The van der Waals surface area contributed by atoms with Gasteiger partial charge in [-0.05, 0) is 45.8 Å². The van der Waals surface area contributed by atoms with Gasteiger partial charge in [-0.3, -0.25) is 0 Å². The second kappa shape index (κ2) is 5.23. The van der Waals surface area contributed by atoms with Gasteiger partial charge in [0.25, 0.3) is 0 Å². The molecule has 1 aromatic carbocycles. The third kappa shape index (κ3) is 3.23. The standard InChI is InChI=1S/C12H9BrF2N2/c13-9-5-4-8(6-10(9)14)7-16-12-3-1-2-11(15)17-12/h1-6H,7H2,(H,16,17). The molecule has 0 saturated carbocycles. The van der Waals surface area contributed by atoms with Crippen LogP contribution in [-0.4, -0.2) is 4.98 Å². The van der Waals surface area contributed by atoms with Gasteiger partial charge in [0.15, 0.2) is 0 Å². The smallest absolute Gasteiger partial charge is 0.214 e. The molecular weight excluding hydrogens is 290 g/mol. The second-order valence-corrected chi connectivity index (χ2v) is 4.30. The molecular formula is C12H9BrF2N2. The Morgan fingerprint density at radius 1 is 1.18 bits per heavy atom. The zero-order valence-corrected chi connectivity index (χ0v) is 10.3. The molecule has 88 valence electrons. The largest absolute Gasteiger partial charge is 0.366 e. The molecule has 0 aliphatic heterocycles. The minimum absolute atomic E-state index is 0.323. The van der Waals surface area contributed by atoms with E-state index in [-0.39, 0.29) is 5.82 Å². The van der Waals surface area contributed by atoms with Crippen molar-refractivity contribution in [2.75, 3.05) is 5.32 Å². The first-order valence-electron chi connectivity index (χ1n) is 4.95. The Balaban J connectivity index is 2.05. The fraction of sp³-hybridized carbons (Fsp3) is 0.0833. The number of pyridine rings is 1. The molecule has 2 rings (SSSR count). The number of hydrogen-bond acceptors (Lipinski definition) is 2.